The normalized spacial score (nSPS) is 11.8. The van der Waals surface area contributed by atoms with Crippen molar-refractivity contribution in [3.05, 3.63) is 54.1 Å². The maximum atomic E-state index is 12.4. The number of amides is 1. The van der Waals surface area contributed by atoms with Crippen molar-refractivity contribution in [2.24, 2.45) is 0 Å². The Kier molecular flexibility index (Phi) is 5.58. The Hall–Kier alpha value is -2.80. The Balaban J connectivity index is 1.64. The summed E-state index contributed by atoms with van der Waals surface area (Å²) < 4.78 is 5.15. The molecule has 1 unspecified atom stereocenters. The van der Waals surface area contributed by atoms with E-state index in [-0.39, 0.29) is 11.2 Å². The molecule has 0 saturated heterocycles. The number of para-hydroxylation sites is 1. The van der Waals surface area contributed by atoms with Crippen LogP contribution in [-0.2, 0) is 4.79 Å². The molecule has 0 aliphatic rings. The van der Waals surface area contributed by atoms with Crippen LogP contribution in [0.25, 0.3) is 11.4 Å². The van der Waals surface area contributed by atoms with Crippen molar-refractivity contribution in [2.45, 2.75) is 24.3 Å². The fourth-order valence-corrected chi connectivity index (χ4v) is 3.06. The van der Waals surface area contributed by atoms with Gasteiger partial charge in [-0.25, -0.2) is 4.98 Å². The molecular weight excluding hydrogens is 348 g/mol. The largest absolute Gasteiger partial charge is 0.497 e. The van der Waals surface area contributed by atoms with E-state index in [1.165, 1.54) is 11.8 Å². The third kappa shape index (κ3) is 4.23. The van der Waals surface area contributed by atoms with Gasteiger partial charge in [0.2, 0.25) is 11.1 Å². The van der Waals surface area contributed by atoms with Crippen molar-refractivity contribution in [3.63, 3.8) is 0 Å². The number of aryl methyl sites for hydroxylation is 1. The van der Waals surface area contributed by atoms with Gasteiger partial charge in [0, 0.05) is 11.3 Å². The quantitative estimate of drug-likeness (QED) is 0.645. The second-order valence-electron chi connectivity index (χ2n) is 5.76. The highest BCUT2D eigenvalue weighted by atomic mass is 32.2. The highest BCUT2D eigenvalue weighted by molar-refractivity contribution is 8.00. The summed E-state index contributed by atoms with van der Waals surface area (Å²) in [6.07, 6.45) is 0. The number of ether oxygens (including phenoxy) is 1. The van der Waals surface area contributed by atoms with E-state index in [0.717, 1.165) is 22.6 Å². The molecule has 0 radical (unpaired) electrons. The van der Waals surface area contributed by atoms with Crippen molar-refractivity contribution in [1.29, 1.82) is 0 Å². The first-order valence-electron chi connectivity index (χ1n) is 8.17. The Morgan fingerprint density at radius 1 is 1.19 bits per heavy atom. The molecule has 0 bridgehead atoms. The zero-order valence-electron chi connectivity index (χ0n) is 14.8. The SMILES string of the molecule is COc1ccc(-c2nc(SC(C)C(=O)Nc3ccccc3C)n[nH]2)cc1. The standard InChI is InChI=1S/C19H20N4O2S/c1-12-6-4-5-7-16(12)20-18(24)13(2)26-19-21-17(22-23-19)14-8-10-15(25-3)11-9-14/h4-11,13H,1-3H3,(H,20,24)(H,21,22,23). The molecule has 1 aromatic heterocycles. The third-order valence-corrected chi connectivity index (χ3v) is 4.84. The van der Waals surface area contributed by atoms with E-state index >= 15 is 0 Å². The lowest BCUT2D eigenvalue weighted by molar-refractivity contribution is -0.115. The van der Waals surface area contributed by atoms with Gasteiger partial charge in [-0.15, -0.1) is 5.10 Å². The van der Waals surface area contributed by atoms with Crippen molar-refractivity contribution in [2.75, 3.05) is 12.4 Å². The summed E-state index contributed by atoms with van der Waals surface area (Å²) in [7, 11) is 1.63. The molecule has 1 heterocycles. The topological polar surface area (TPSA) is 79.9 Å². The summed E-state index contributed by atoms with van der Waals surface area (Å²) in [4.78, 5) is 16.9. The van der Waals surface area contributed by atoms with Crippen LogP contribution in [-0.4, -0.2) is 33.4 Å². The van der Waals surface area contributed by atoms with E-state index in [9.17, 15) is 4.79 Å². The maximum absolute atomic E-state index is 12.4. The minimum absolute atomic E-state index is 0.0832. The molecule has 2 N–H and O–H groups in total. The molecule has 0 aliphatic carbocycles. The molecule has 0 saturated carbocycles. The molecular formula is C19H20N4O2S. The molecule has 134 valence electrons. The van der Waals surface area contributed by atoms with Crippen LogP contribution in [0.2, 0.25) is 0 Å². The summed E-state index contributed by atoms with van der Waals surface area (Å²) >= 11 is 1.31. The number of methoxy groups -OCH3 is 1. The average molecular weight is 368 g/mol. The second kappa shape index (κ2) is 8.05. The monoisotopic (exact) mass is 368 g/mol. The van der Waals surface area contributed by atoms with Gasteiger partial charge in [0.25, 0.3) is 0 Å². The molecule has 0 aliphatic heterocycles. The van der Waals surface area contributed by atoms with Crippen molar-refractivity contribution in [1.82, 2.24) is 15.2 Å². The Morgan fingerprint density at radius 2 is 1.92 bits per heavy atom. The molecule has 26 heavy (non-hydrogen) atoms. The minimum Gasteiger partial charge on any atom is -0.497 e. The van der Waals surface area contributed by atoms with E-state index < -0.39 is 0 Å². The van der Waals surface area contributed by atoms with Crippen LogP contribution in [0, 0.1) is 6.92 Å². The molecule has 0 spiro atoms. The average Bonchev–Trinajstić information content (AvgIpc) is 3.12. The number of aromatic nitrogens is 3. The Morgan fingerprint density at radius 3 is 2.62 bits per heavy atom. The van der Waals surface area contributed by atoms with Crippen molar-refractivity contribution >= 4 is 23.4 Å². The number of rotatable bonds is 6. The van der Waals surface area contributed by atoms with Gasteiger partial charge in [0.05, 0.1) is 12.4 Å². The van der Waals surface area contributed by atoms with E-state index in [0.29, 0.717) is 11.0 Å². The van der Waals surface area contributed by atoms with Crippen LogP contribution in [0.3, 0.4) is 0 Å². The number of thioether (sulfide) groups is 1. The smallest absolute Gasteiger partial charge is 0.237 e. The summed E-state index contributed by atoms with van der Waals surface area (Å²) in [5.74, 6) is 1.35. The maximum Gasteiger partial charge on any atom is 0.237 e. The van der Waals surface area contributed by atoms with Crippen molar-refractivity contribution < 1.29 is 9.53 Å². The van der Waals surface area contributed by atoms with Gasteiger partial charge in [-0.1, -0.05) is 30.0 Å². The van der Waals surface area contributed by atoms with E-state index in [4.69, 9.17) is 4.74 Å². The first-order valence-corrected chi connectivity index (χ1v) is 9.05. The number of carbonyl (C=O) groups is 1. The van der Waals surface area contributed by atoms with Gasteiger partial charge >= 0.3 is 0 Å². The molecule has 6 nitrogen and oxygen atoms in total. The van der Waals surface area contributed by atoms with Crippen LogP contribution in [0.5, 0.6) is 5.75 Å². The van der Waals surface area contributed by atoms with Gasteiger partial charge < -0.3 is 10.1 Å². The predicted molar refractivity (Wildman–Crippen MR) is 103 cm³/mol. The number of H-pyrrole nitrogens is 1. The fourth-order valence-electron chi connectivity index (χ4n) is 2.34. The van der Waals surface area contributed by atoms with Gasteiger partial charge in [0.15, 0.2) is 5.82 Å². The summed E-state index contributed by atoms with van der Waals surface area (Å²) in [6, 6.07) is 15.2. The molecule has 2 aromatic carbocycles. The summed E-state index contributed by atoms with van der Waals surface area (Å²) in [6.45, 7) is 3.80. The zero-order valence-corrected chi connectivity index (χ0v) is 15.6. The fraction of sp³-hybridized carbons (Fsp3) is 0.211. The molecule has 3 aromatic rings. The van der Waals surface area contributed by atoms with Crippen LogP contribution in [0.4, 0.5) is 5.69 Å². The number of nitrogens with zero attached hydrogens (tertiary/aromatic N) is 2. The number of anilines is 1. The lowest BCUT2D eigenvalue weighted by atomic mass is 10.2. The van der Waals surface area contributed by atoms with Gasteiger partial charge in [0.1, 0.15) is 5.75 Å². The van der Waals surface area contributed by atoms with Crippen LogP contribution in [0.15, 0.2) is 53.7 Å². The molecule has 0 fully saturated rings. The lowest BCUT2D eigenvalue weighted by Crippen LogP contribution is -2.22. The third-order valence-electron chi connectivity index (χ3n) is 3.88. The Bertz CT molecular complexity index is 893. The highest BCUT2D eigenvalue weighted by Gasteiger charge is 2.18. The van der Waals surface area contributed by atoms with E-state index in [1.54, 1.807) is 7.11 Å². The number of carbonyl (C=O) groups excluding carboxylic acids is 1. The number of aromatic amines is 1. The molecule has 1 atom stereocenters. The van der Waals surface area contributed by atoms with Crippen LogP contribution >= 0.6 is 11.8 Å². The first kappa shape index (κ1) is 18.0. The number of nitrogens with one attached hydrogen (secondary N) is 2. The molecule has 7 heteroatoms. The number of hydrogen-bond donors (Lipinski definition) is 2. The zero-order chi connectivity index (χ0) is 18.5. The minimum atomic E-state index is -0.325. The van der Waals surface area contributed by atoms with E-state index in [2.05, 4.69) is 20.5 Å². The van der Waals surface area contributed by atoms with Gasteiger partial charge in [-0.3, -0.25) is 9.89 Å². The molecule has 3 rings (SSSR count). The Labute approximate surface area is 156 Å². The lowest BCUT2D eigenvalue weighted by Gasteiger charge is -2.11. The molecule has 1 amide bonds. The van der Waals surface area contributed by atoms with Gasteiger partial charge in [-0.2, -0.15) is 0 Å². The van der Waals surface area contributed by atoms with Crippen LogP contribution < -0.4 is 10.1 Å². The summed E-state index contributed by atoms with van der Waals surface area (Å²) in [5.41, 5.74) is 2.75. The number of hydrogen-bond acceptors (Lipinski definition) is 5. The second-order valence-corrected chi connectivity index (χ2v) is 7.07. The van der Waals surface area contributed by atoms with Gasteiger partial charge in [-0.05, 0) is 49.7 Å². The van der Waals surface area contributed by atoms with Crippen LogP contribution in [0.1, 0.15) is 12.5 Å². The predicted octanol–water partition coefficient (Wildman–Crippen LogP) is 3.91. The van der Waals surface area contributed by atoms with E-state index in [1.807, 2.05) is 62.4 Å². The summed E-state index contributed by atoms with van der Waals surface area (Å²) in [5, 5.41) is 10.3. The number of benzene rings is 2. The van der Waals surface area contributed by atoms with Crippen molar-refractivity contribution in [3.8, 4) is 17.1 Å². The first-order chi connectivity index (χ1) is 12.6. The highest BCUT2D eigenvalue weighted by Crippen LogP contribution is 2.25.